The maximum atomic E-state index is 14.0. The van der Waals surface area contributed by atoms with E-state index in [0.29, 0.717) is 42.3 Å². The fourth-order valence-electron chi connectivity index (χ4n) is 3.44. The van der Waals surface area contributed by atoms with Gasteiger partial charge in [-0.15, -0.1) is 5.10 Å². The molecule has 200 valence electrons. The van der Waals surface area contributed by atoms with Crippen molar-refractivity contribution in [1.82, 2.24) is 15.3 Å². The first-order chi connectivity index (χ1) is 17.9. The number of halogens is 4. The lowest BCUT2D eigenvalue weighted by atomic mass is 10.2. The van der Waals surface area contributed by atoms with Crippen molar-refractivity contribution in [2.24, 2.45) is 9.46 Å². The van der Waals surface area contributed by atoms with Crippen LogP contribution in [0.3, 0.4) is 0 Å². The minimum atomic E-state index is -2.77. The highest BCUT2D eigenvalue weighted by atomic mass is 32.2. The van der Waals surface area contributed by atoms with Crippen LogP contribution in [0.4, 0.5) is 28.0 Å². The van der Waals surface area contributed by atoms with Crippen LogP contribution in [0, 0.1) is 11.6 Å². The highest BCUT2D eigenvalue weighted by Gasteiger charge is 2.29. The largest absolute Gasteiger partial charge is 0.444 e. The predicted octanol–water partition coefficient (Wildman–Crippen LogP) is 3.66. The number of hydrazone groups is 1. The third kappa shape index (κ3) is 7.02. The van der Waals surface area contributed by atoms with Crippen molar-refractivity contribution >= 4 is 34.7 Å². The van der Waals surface area contributed by atoms with Crippen molar-refractivity contribution in [2.75, 3.05) is 29.5 Å². The van der Waals surface area contributed by atoms with Crippen LogP contribution >= 0.6 is 0 Å². The van der Waals surface area contributed by atoms with Crippen LogP contribution in [0.1, 0.15) is 25.1 Å². The first-order valence-corrected chi connectivity index (χ1v) is 12.9. The molecule has 37 heavy (non-hydrogen) atoms. The van der Waals surface area contributed by atoms with E-state index in [9.17, 15) is 27.2 Å². The summed E-state index contributed by atoms with van der Waals surface area (Å²) in [5.41, 5.74) is 3.06. The van der Waals surface area contributed by atoms with Crippen LogP contribution < -0.4 is 10.3 Å². The quantitative estimate of drug-likeness (QED) is 0.444. The molecule has 3 amide bonds. The van der Waals surface area contributed by atoms with Crippen molar-refractivity contribution in [2.45, 2.75) is 33.0 Å². The fraction of sp³-hybridized carbons (Fsp3) is 0.391. The van der Waals surface area contributed by atoms with Gasteiger partial charge in [0.25, 0.3) is 6.43 Å². The minimum Gasteiger partial charge on any atom is -0.444 e. The van der Waals surface area contributed by atoms with Gasteiger partial charge in [0.05, 0.1) is 17.8 Å². The van der Waals surface area contributed by atoms with E-state index in [1.807, 2.05) is 13.8 Å². The Morgan fingerprint density at radius 1 is 1.24 bits per heavy atom. The topological polar surface area (TPSA) is 99.5 Å². The number of nitrogens with one attached hydrogen (secondary N) is 1. The standard InChI is InChI=1S/C21H20F4N6O3S.C2H6/c22-16-4-3-15(9-17(16)23)31(21(33)30-5-7-35(8-6-30)27-12-32)11-14-2-1-13(10-26-14)19-28-29-20(34-19)18(24)25;1-2/h1-4,9-10,12,18,20,29H,5-8,11H2;1-2H3. The van der Waals surface area contributed by atoms with Gasteiger partial charge in [0.1, 0.15) is 0 Å². The van der Waals surface area contributed by atoms with Crippen molar-refractivity contribution in [3.8, 4) is 0 Å². The van der Waals surface area contributed by atoms with Gasteiger partial charge in [-0.25, -0.2) is 22.4 Å². The molecule has 1 atom stereocenters. The Kier molecular flexibility index (Phi) is 9.94. The van der Waals surface area contributed by atoms with Gasteiger partial charge in [0.15, 0.2) is 11.6 Å². The van der Waals surface area contributed by atoms with Gasteiger partial charge in [0, 0.05) is 42.5 Å². The molecule has 0 aliphatic carbocycles. The van der Waals surface area contributed by atoms with Crippen LogP contribution in [0.25, 0.3) is 0 Å². The lowest BCUT2D eigenvalue weighted by Crippen LogP contribution is -2.48. The molecule has 2 aliphatic heterocycles. The van der Waals surface area contributed by atoms with E-state index in [2.05, 4.69) is 19.9 Å². The molecule has 0 bridgehead atoms. The lowest BCUT2D eigenvalue weighted by molar-refractivity contribution is -0.106. The third-order valence-corrected chi connectivity index (χ3v) is 6.95. The molecule has 14 heteroatoms. The van der Waals surface area contributed by atoms with Gasteiger partial charge >= 0.3 is 6.03 Å². The minimum absolute atomic E-state index is 0.0488. The van der Waals surface area contributed by atoms with Crippen molar-refractivity contribution in [3.05, 3.63) is 59.4 Å². The molecule has 9 nitrogen and oxygen atoms in total. The number of urea groups is 1. The van der Waals surface area contributed by atoms with E-state index < -0.39 is 41.0 Å². The first kappa shape index (κ1) is 28.0. The van der Waals surface area contributed by atoms with E-state index in [1.165, 1.54) is 23.2 Å². The van der Waals surface area contributed by atoms with Gasteiger partial charge < -0.3 is 9.64 Å². The monoisotopic (exact) mass is 542 g/mol. The maximum absolute atomic E-state index is 14.0. The summed E-state index contributed by atoms with van der Waals surface area (Å²) < 4.78 is 61.9. The second-order valence-corrected chi connectivity index (χ2v) is 9.44. The molecule has 0 spiro atoms. The number of carbonyl (C=O) groups is 2. The number of ether oxygens (including phenoxy) is 1. The molecular weight excluding hydrogens is 516 g/mol. The summed E-state index contributed by atoms with van der Waals surface area (Å²) in [6.45, 7) is 4.62. The molecule has 2 aliphatic rings. The smallest absolute Gasteiger partial charge is 0.324 e. The van der Waals surface area contributed by atoms with Crippen LogP contribution in [0.15, 0.2) is 46.0 Å². The molecule has 1 aromatic heterocycles. The molecule has 3 heterocycles. The number of pyridine rings is 1. The number of benzene rings is 1. The molecule has 1 unspecified atom stereocenters. The van der Waals surface area contributed by atoms with E-state index in [1.54, 1.807) is 11.0 Å². The van der Waals surface area contributed by atoms with Crippen LogP contribution in [0.5, 0.6) is 0 Å². The van der Waals surface area contributed by atoms with Crippen molar-refractivity contribution in [3.63, 3.8) is 0 Å². The second kappa shape index (κ2) is 13.1. The SMILES string of the molecule is CC.O=CN=S1CCN(C(=O)N(Cc2ccc(C3=NNC(C(F)F)O3)cn2)c2ccc(F)c(F)c2)CC1. The van der Waals surface area contributed by atoms with Crippen molar-refractivity contribution in [1.29, 1.82) is 0 Å². The second-order valence-electron chi connectivity index (χ2n) is 7.49. The Bertz CT molecular complexity index is 1160. The zero-order chi connectivity index (χ0) is 26.9. The van der Waals surface area contributed by atoms with Crippen LogP contribution in [0.2, 0.25) is 0 Å². The summed E-state index contributed by atoms with van der Waals surface area (Å²) in [6, 6.07) is 5.79. The van der Waals surface area contributed by atoms with Gasteiger partial charge in [-0.05, 0) is 24.3 Å². The Morgan fingerprint density at radius 2 is 1.97 bits per heavy atom. The number of carbonyl (C=O) groups excluding carboxylic acids is 2. The Labute approximate surface area is 213 Å². The maximum Gasteiger partial charge on any atom is 0.324 e. The van der Waals surface area contributed by atoms with Crippen molar-refractivity contribution < 1.29 is 31.9 Å². The molecule has 1 N–H and O–H groups in total. The summed E-state index contributed by atoms with van der Waals surface area (Å²) in [5.74, 6) is -1.15. The van der Waals surface area contributed by atoms with Gasteiger partial charge in [-0.3, -0.25) is 20.1 Å². The van der Waals surface area contributed by atoms with E-state index in [-0.39, 0.29) is 18.1 Å². The summed E-state index contributed by atoms with van der Waals surface area (Å²) >= 11 is 0. The van der Waals surface area contributed by atoms with E-state index >= 15 is 0 Å². The summed E-state index contributed by atoms with van der Waals surface area (Å²) in [7, 11) is -0.447. The average molecular weight is 543 g/mol. The van der Waals surface area contributed by atoms with Gasteiger partial charge in [-0.1, -0.05) is 24.5 Å². The number of hydrogen-bond acceptors (Lipinski definition) is 6. The zero-order valence-corrected chi connectivity index (χ0v) is 20.9. The summed E-state index contributed by atoms with van der Waals surface area (Å²) in [4.78, 5) is 31.0. The van der Waals surface area contributed by atoms with E-state index in [0.717, 1.165) is 12.1 Å². The number of anilines is 1. The molecule has 1 fully saturated rings. The Balaban J connectivity index is 0.00000186. The fourth-order valence-corrected chi connectivity index (χ4v) is 4.84. The highest BCUT2D eigenvalue weighted by Crippen LogP contribution is 2.23. The summed E-state index contributed by atoms with van der Waals surface area (Å²) in [5, 5.41) is 3.72. The average Bonchev–Trinajstić information content (AvgIpc) is 3.42. The van der Waals surface area contributed by atoms with Gasteiger partial charge in [-0.2, -0.15) is 4.36 Å². The molecule has 4 rings (SSSR count). The van der Waals surface area contributed by atoms with Gasteiger partial charge in [0.2, 0.25) is 18.5 Å². The molecule has 0 saturated carbocycles. The Morgan fingerprint density at radius 3 is 2.54 bits per heavy atom. The number of hydrogen-bond donors (Lipinski definition) is 1. The first-order valence-electron chi connectivity index (χ1n) is 11.4. The van der Waals surface area contributed by atoms with Crippen LogP contribution in [-0.4, -0.2) is 65.5 Å². The number of nitrogens with zero attached hydrogens (tertiary/aromatic N) is 5. The predicted molar refractivity (Wildman–Crippen MR) is 131 cm³/mol. The van der Waals surface area contributed by atoms with Crippen LogP contribution in [-0.2, 0) is 26.8 Å². The third-order valence-electron chi connectivity index (χ3n) is 5.25. The van der Waals surface area contributed by atoms with E-state index in [4.69, 9.17) is 4.74 Å². The number of alkyl halides is 2. The molecular formula is C23H26F4N6O3S. The highest BCUT2D eigenvalue weighted by molar-refractivity contribution is 7.87. The molecule has 1 saturated heterocycles. The lowest BCUT2D eigenvalue weighted by Gasteiger charge is -2.33. The molecule has 1 aromatic carbocycles. The normalized spacial score (nSPS) is 17.2. The molecule has 0 radical (unpaired) electrons. The molecule has 2 aromatic rings. The number of rotatable bonds is 6. The zero-order valence-electron chi connectivity index (χ0n) is 20.1. The summed E-state index contributed by atoms with van der Waals surface area (Å²) in [6.07, 6.45) is -2.45. The number of aromatic nitrogens is 1. The Hall–Kier alpha value is -3.55. The number of amides is 3.